The van der Waals surface area contributed by atoms with Crippen LogP contribution >= 0.6 is 0 Å². The van der Waals surface area contributed by atoms with Gasteiger partial charge in [-0.15, -0.1) is 0 Å². The summed E-state index contributed by atoms with van der Waals surface area (Å²) >= 11 is 0. The highest BCUT2D eigenvalue weighted by Crippen LogP contribution is 2.14. The molecule has 0 unspecified atom stereocenters. The fourth-order valence-electron chi connectivity index (χ4n) is 1.77. The highest BCUT2D eigenvalue weighted by atomic mass is 16.4. The van der Waals surface area contributed by atoms with Crippen LogP contribution in [-0.4, -0.2) is 11.1 Å². The average Bonchev–Trinajstić information content (AvgIpc) is 2.72. The molecule has 18 heavy (non-hydrogen) atoms. The number of nitrogens with one attached hydrogen (secondary N) is 1. The fraction of sp³-hybridized carbons (Fsp3) is 0.214. The van der Waals surface area contributed by atoms with Crippen LogP contribution < -0.4 is 5.32 Å². The Kier molecular flexibility index (Phi) is 3.79. The number of furan rings is 1. The molecule has 0 aliphatic heterocycles. The zero-order chi connectivity index (χ0) is 13.0. The van der Waals surface area contributed by atoms with Gasteiger partial charge in [0.1, 0.15) is 5.76 Å². The Bertz CT molecular complexity index is 531. The maximum Gasteiger partial charge on any atom is 0.372 e. The van der Waals surface area contributed by atoms with E-state index < -0.39 is 5.97 Å². The Morgan fingerprint density at radius 3 is 2.61 bits per heavy atom. The van der Waals surface area contributed by atoms with E-state index in [0.717, 1.165) is 6.54 Å². The minimum absolute atomic E-state index is 0.0199. The Morgan fingerprint density at radius 1 is 1.28 bits per heavy atom. The van der Waals surface area contributed by atoms with Gasteiger partial charge in [-0.25, -0.2) is 4.79 Å². The Morgan fingerprint density at radius 2 is 2.00 bits per heavy atom. The van der Waals surface area contributed by atoms with Crippen LogP contribution in [-0.2, 0) is 13.1 Å². The van der Waals surface area contributed by atoms with Gasteiger partial charge in [-0.1, -0.05) is 30.3 Å². The lowest BCUT2D eigenvalue weighted by atomic mass is 10.2. The monoisotopic (exact) mass is 245 g/mol. The molecule has 2 rings (SSSR count). The molecule has 4 nitrogen and oxygen atoms in total. The van der Waals surface area contributed by atoms with Crippen molar-refractivity contribution >= 4 is 5.97 Å². The number of benzene rings is 1. The van der Waals surface area contributed by atoms with Crippen molar-refractivity contribution in [2.75, 3.05) is 0 Å². The van der Waals surface area contributed by atoms with Crippen molar-refractivity contribution in [3.63, 3.8) is 0 Å². The normalized spacial score (nSPS) is 10.5. The molecule has 0 aliphatic carbocycles. The number of hydrogen-bond acceptors (Lipinski definition) is 3. The lowest BCUT2D eigenvalue weighted by molar-refractivity contribution is 0.0659. The first kappa shape index (κ1) is 12.4. The van der Waals surface area contributed by atoms with Gasteiger partial charge in [0, 0.05) is 12.1 Å². The second-order valence-electron chi connectivity index (χ2n) is 4.12. The molecule has 1 aromatic carbocycles. The van der Waals surface area contributed by atoms with Crippen molar-refractivity contribution in [3.05, 3.63) is 59.0 Å². The number of carboxylic acid groups (broad SMARTS) is 1. The molecule has 2 aromatic rings. The zero-order valence-electron chi connectivity index (χ0n) is 10.1. The predicted molar refractivity (Wildman–Crippen MR) is 67.4 cm³/mol. The quantitative estimate of drug-likeness (QED) is 0.849. The first-order valence-electron chi connectivity index (χ1n) is 5.74. The van der Waals surface area contributed by atoms with Gasteiger partial charge in [-0.2, -0.15) is 0 Å². The second-order valence-corrected chi connectivity index (χ2v) is 4.12. The van der Waals surface area contributed by atoms with Crippen LogP contribution in [0, 0.1) is 6.92 Å². The van der Waals surface area contributed by atoms with E-state index in [4.69, 9.17) is 9.52 Å². The molecule has 2 N–H and O–H groups in total. The van der Waals surface area contributed by atoms with Gasteiger partial charge in [-0.3, -0.25) is 0 Å². The molecule has 0 radical (unpaired) electrons. The second kappa shape index (κ2) is 5.51. The highest BCUT2D eigenvalue weighted by Gasteiger charge is 2.13. The first-order valence-corrected chi connectivity index (χ1v) is 5.74. The molecule has 94 valence electrons. The summed E-state index contributed by atoms with van der Waals surface area (Å²) in [6, 6.07) is 11.7. The minimum Gasteiger partial charge on any atom is -0.475 e. The van der Waals surface area contributed by atoms with E-state index >= 15 is 0 Å². The van der Waals surface area contributed by atoms with E-state index in [0.29, 0.717) is 17.9 Å². The molecule has 0 amide bonds. The summed E-state index contributed by atoms with van der Waals surface area (Å²) in [5.74, 6) is -0.367. The van der Waals surface area contributed by atoms with Crippen LogP contribution in [0.3, 0.4) is 0 Å². The maximum atomic E-state index is 10.8. The number of rotatable bonds is 5. The van der Waals surface area contributed by atoms with Gasteiger partial charge in [-0.05, 0) is 18.6 Å². The molecule has 1 aromatic heterocycles. The summed E-state index contributed by atoms with van der Waals surface area (Å²) in [5, 5.41) is 12.1. The molecule has 1 heterocycles. The van der Waals surface area contributed by atoms with Gasteiger partial charge in [0.2, 0.25) is 5.76 Å². The van der Waals surface area contributed by atoms with Crippen molar-refractivity contribution < 1.29 is 14.3 Å². The van der Waals surface area contributed by atoms with Gasteiger partial charge in [0.25, 0.3) is 0 Å². The van der Waals surface area contributed by atoms with Crippen LogP contribution in [0.25, 0.3) is 0 Å². The van der Waals surface area contributed by atoms with Crippen LogP contribution in [0.5, 0.6) is 0 Å². The minimum atomic E-state index is -1.03. The Labute approximate surface area is 105 Å². The standard InChI is InChI=1S/C14H15NO3/c1-10-7-12(18-13(10)14(16)17)9-15-8-11-5-3-2-4-6-11/h2-7,15H,8-9H2,1H3,(H,16,17). The van der Waals surface area contributed by atoms with Crippen molar-refractivity contribution in [1.29, 1.82) is 0 Å². The van der Waals surface area contributed by atoms with Gasteiger partial charge >= 0.3 is 5.97 Å². The summed E-state index contributed by atoms with van der Waals surface area (Å²) in [4.78, 5) is 10.8. The predicted octanol–water partition coefficient (Wildman–Crippen LogP) is 2.58. The van der Waals surface area contributed by atoms with Crippen LogP contribution in [0.1, 0.15) is 27.4 Å². The van der Waals surface area contributed by atoms with Crippen LogP contribution in [0.15, 0.2) is 40.8 Å². The molecule has 0 spiro atoms. The number of hydrogen-bond donors (Lipinski definition) is 2. The number of aromatic carboxylic acids is 1. The Balaban J connectivity index is 1.91. The zero-order valence-corrected chi connectivity index (χ0v) is 10.1. The lowest BCUT2D eigenvalue weighted by Crippen LogP contribution is -2.11. The van der Waals surface area contributed by atoms with E-state index in [1.165, 1.54) is 5.56 Å². The van der Waals surface area contributed by atoms with Crippen LogP contribution in [0.2, 0.25) is 0 Å². The molecule has 0 fully saturated rings. The summed E-state index contributed by atoms with van der Waals surface area (Å²) in [6.45, 7) is 2.97. The molecule has 0 atom stereocenters. The molecule has 0 saturated carbocycles. The maximum absolute atomic E-state index is 10.8. The van der Waals surface area contributed by atoms with Gasteiger partial charge in [0.05, 0.1) is 6.54 Å². The van der Waals surface area contributed by atoms with Gasteiger partial charge < -0.3 is 14.8 Å². The summed E-state index contributed by atoms with van der Waals surface area (Å²) in [5.41, 5.74) is 1.83. The van der Waals surface area contributed by atoms with Crippen molar-refractivity contribution in [2.45, 2.75) is 20.0 Å². The fourth-order valence-corrected chi connectivity index (χ4v) is 1.77. The molecule has 0 saturated heterocycles. The van der Waals surface area contributed by atoms with Gasteiger partial charge in [0.15, 0.2) is 0 Å². The van der Waals surface area contributed by atoms with Crippen LogP contribution in [0.4, 0.5) is 0 Å². The van der Waals surface area contributed by atoms with E-state index in [9.17, 15) is 4.79 Å². The Hall–Kier alpha value is -2.07. The smallest absolute Gasteiger partial charge is 0.372 e. The van der Waals surface area contributed by atoms with E-state index in [1.807, 2.05) is 30.3 Å². The summed E-state index contributed by atoms with van der Waals surface area (Å²) < 4.78 is 5.25. The van der Waals surface area contributed by atoms with E-state index in [1.54, 1.807) is 13.0 Å². The number of carboxylic acids is 1. The first-order chi connectivity index (χ1) is 8.66. The largest absolute Gasteiger partial charge is 0.475 e. The summed E-state index contributed by atoms with van der Waals surface area (Å²) in [7, 11) is 0. The third-order valence-corrected chi connectivity index (χ3v) is 2.63. The van der Waals surface area contributed by atoms with Crippen molar-refractivity contribution in [1.82, 2.24) is 5.32 Å². The highest BCUT2D eigenvalue weighted by molar-refractivity contribution is 5.86. The van der Waals surface area contributed by atoms with E-state index in [2.05, 4.69) is 5.32 Å². The number of aryl methyl sites for hydroxylation is 1. The van der Waals surface area contributed by atoms with Crippen molar-refractivity contribution in [3.8, 4) is 0 Å². The number of carbonyl (C=O) groups is 1. The van der Waals surface area contributed by atoms with E-state index in [-0.39, 0.29) is 5.76 Å². The summed E-state index contributed by atoms with van der Waals surface area (Å²) in [6.07, 6.45) is 0. The SMILES string of the molecule is Cc1cc(CNCc2ccccc2)oc1C(=O)O. The third-order valence-electron chi connectivity index (χ3n) is 2.63. The van der Waals surface area contributed by atoms with Crippen molar-refractivity contribution in [2.24, 2.45) is 0 Å². The third kappa shape index (κ3) is 2.99. The molecule has 4 heteroatoms. The average molecular weight is 245 g/mol. The lowest BCUT2D eigenvalue weighted by Gasteiger charge is -2.02. The topological polar surface area (TPSA) is 62.5 Å². The molecule has 0 bridgehead atoms. The molecular formula is C14H15NO3. The molecular weight excluding hydrogens is 230 g/mol. The molecule has 0 aliphatic rings.